The predicted molar refractivity (Wildman–Crippen MR) is 65.0 cm³/mol. The minimum atomic E-state index is -0.339. The van der Waals surface area contributed by atoms with E-state index in [1.54, 1.807) is 42.7 Å². The molecule has 86 valence electrons. The Morgan fingerprint density at radius 3 is 2.59 bits per heavy atom. The zero-order valence-corrected chi connectivity index (χ0v) is 9.34. The van der Waals surface area contributed by atoms with Gasteiger partial charge in [0.1, 0.15) is 5.75 Å². The Bertz CT molecular complexity index is 538. The van der Waals surface area contributed by atoms with Gasteiger partial charge in [0.15, 0.2) is 0 Å². The monoisotopic (exact) mass is 228 g/mol. The van der Waals surface area contributed by atoms with E-state index in [0.717, 1.165) is 5.56 Å². The van der Waals surface area contributed by atoms with Gasteiger partial charge in [-0.15, -0.1) is 0 Å². The van der Waals surface area contributed by atoms with E-state index >= 15 is 0 Å². The van der Waals surface area contributed by atoms with Crippen molar-refractivity contribution in [3.8, 4) is 5.75 Å². The van der Waals surface area contributed by atoms with Crippen molar-refractivity contribution in [3.63, 3.8) is 0 Å². The number of rotatable bonds is 2. The first kappa shape index (κ1) is 11.1. The lowest BCUT2D eigenvalue weighted by Crippen LogP contribution is -2.12. The largest absolute Gasteiger partial charge is 0.507 e. The van der Waals surface area contributed by atoms with Crippen LogP contribution in [-0.4, -0.2) is 16.0 Å². The number of amides is 1. The summed E-state index contributed by atoms with van der Waals surface area (Å²) >= 11 is 0. The molecule has 0 radical (unpaired) electrons. The summed E-state index contributed by atoms with van der Waals surface area (Å²) < 4.78 is 0. The maximum Gasteiger partial charge on any atom is 0.259 e. The second kappa shape index (κ2) is 4.65. The number of carbonyl (C=O) groups excluding carboxylic acids is 1. The Kier molecular flexibility index (Phi) is 3.05. The molecule has 4 heteroatoms. The van der Waals surface area contributed by atoms with Crippen LogP contribution in [0.5, 0.6) is 5.75 Å². The average Bonchev–Trinajstić information content (AvgIpc) is 2.30. The number of carbonyl (C=O) groups is 1. The van der Waals surface area contributed by atoms with E-state index in [2.05, 4.69) is 10.3 Å². The van der Waals surface area contributed by atoms with Gasteiger partial charge >= 0.3 is 0 Å². The van der Waals surface area contributed by atoms with Gasteiger partial charge in [-0.1, -0.05) is 6.07 Å². The summed E-state index contributed by atoms with van der Waals surface area (Å²) in [5.41, 5.74) is 1.81. The van der Waals surface area contributed by atoms with Gasteiger partial charge in [-0.05, 0) is 36.8 Å². The van der Waals surface area contributed by atoms with Crippen LogP contribution in [-0.2, 0) is 0 Å². The van der Waals surface area contributed by atoms with Gasteiger partial charge in [0, 0.05) is 18.1 Å². The summed E-state index contributed by atoms with van der Waals surface area (Å²) in [5, 5.41) is 12.3. The van der Waals surface area contributed by atoms with Gasteiger partial charge in [0.05, 0.1) is 5.56 Å². The van der Waals surface area contributed by atoms with E-state index in [-0.39, 0.29) is 17.2 Å². The molecule has 0 aliphatic carbocycles. The van der Waals surface area contributed by atoms with Crippen molar-refractivity contribution < 1.29 is 9.90 Å². The molecule has 0 saturated heterocycles. The van der Waals surface area contributed by atoms with Crippen LogP contribution in [0.15, 0.2) is 42.7 Å². The smallest absolute Gasteiger partial charge is 0.259 e. The van der Waals surface area contributed by atoms with Crippen LogP contribution in [0, 0.1) is 6.92 Å². The molecule has 1 aromatic carbocycles. The SMILES string of the molecule is Cc1ccc(C(=O)Nc2ccncc2)c(O)c1. The van der Waals surface area contributed by atoms with E-state index in [4.69, 9.17) is 0 Å². The number of pyridine rings is 1. The number of phenols is 1. The molecule has 0 fully saturated rings. The lowest BCUT2D eigenvalue weighted by Gasteiger charge is -2.06. The molecule has 0 spiro atoms. The van der Waals surface area contributed by atoms with Crippen LogP contribution in [0.2, 0.25) is 0 Å². The minimum absolute atomic E-state index is 0.0171. The third kappa shape index (κ3) is 2.60. The Hall–Kier alpha value is -2.36. The molecule has 2 aromatic rings. The molecule has 1 heterocycles. The molecule has 4 nitrogen and oxygen atoms in total. The van der Waals surface area contributed by atoms with Crippen LogP contribution in [0.25, 0.3) is 0 Å². The van der Waals surface area contributed by atoms with Crippen molar-refractivity contribution in [3.05, 3.63) is 53.9 Å². The summed E-state index contributed by atoms with van der Waals surface area (Å²) in [6.07, 6.45) is 3.18. The Balaban J connectivity index is 2.21. The molecule has 1 aromatic heterocycles. The highest BCUT2D eigenvalue weighted by Crippen LogP contribution is 2.19. The van der Waals surface area contributed by atoms with Crippen molar-refractivity contribution in [2.24, 2.45) is 0 Å². The van der Waals surface area contributed by atoms with Gasteiger partial charge in [-0.2, -0.15) is 0 Å². The van der Waals surface area contributed by atoms with Crippen LogP contribution >= 0.6 is 0 Å². The quantitative estimate of drug-likeness (QED) is 0.829. The summed E-state index contributed by atoms with van der Waals surface area (Å²) in [6.45, 7) is 1.85. The molecule has 0 atom stereocenters. The third-order valence-electron chi connectivity index (χ3n) is 2.34. The lowest BCUT2D eigenvalue weighted by molar-refractivity contribution is 0.102. The van der Waals surface area contributed by atoms with E-state index in [1.165, 1.54) is 0 Å². The first-order chi connectivity index (χ1) is 8.16. The summed E-state index contributed by atoms with van der Waals surface area (Å²) in [7, 11) is 0. The molecular weight excluding hydrogens is 216 g/mol. The molecule has 1 amide bonds. The normalized spacial score (nSPS) is 9.94. The van der Waals surface area contributed by atoms with Gasteiger partial charge in [0.25, 0.3) is 5.91 Å². The molecule has 2 N–H and O–H groups in total. The number of nitrogens with zero attached hydrogens (tertiary/aromatic N) is 1. The zero-order valence-electron chi connectivity index (χ0n) is 9.34. The van der Waals surface area contributed by atoms with Crippen LogP contribution in [0.3, 0.4) is 0 Å². The molecule has 0 aliphatic rings. The van der Waals surface area contributed by atoms with Crippen molar-refractivity contribution in [2.75, 3.05) is 5.32 Å². The fourth-order valence-corrected chi connectivity index (χ4v) is 1.47. The standard InChI is InChI=1S/C13H12N2O2/c1-9-2-3-11(12(16)8-9)13(17)15-10-4-6-14-7-5-10/h2-8,16H,1H3,(H,14,15,17). The van der Waals surface area contributed by atoms with E-state index in [9.17, 15) is 9.90 Å². The Morgan fingerprint density at radius 2 is 1.94 bits per heavy atom. The molecule has 0 unspecified atom stereocenters. The molecule has 0 saturated carbocycles. The third-order valence-corrected chi connectivity index (χ3v) is 2.34. The van der Waals surface area contributed by atoms with Crippen molar-refractivity contribution in [2.45, 2.75) is 6.92 Å². The van der Waals surface area contributed by atoms with E-state index < -0.39 is 0 Å². The second-order valence-corrected chi connectivity index (χ2v) is 3.71. The number of aromatic nitrogens is 1. The predicted octanol–water partition coefficient (Wildman–Crippen LogP) is 2.35. The van der Waals surface area contributed by atoms with Crippen LogP contribution in [0.1, 0.15) is 15.9 Å². The van der Waals surface area contributed by atoms with Gasteiger partial charge in [-0.25, -0.2) is 0 Å². The molecule has 2 rings (SSSR count). The highest BCUT2D eigenvalue weighted by molar-refractivity contribution is 6.06. The first-order valence-corrected chi connectivity index (χ1v) is 5.18. The van der Waals surface area contributed by atoms with Crippen molar-refractivity contribution in [1.29, 1.82) is 0 Å². The second-order valence-electron chi connectivity index (χ2n) is 3.71. The summed E-state index contributed by atoms with van der Waals surface area (Å²) in [5.74, 6) is -0.356. The van der Waals surface area contributed by atoms with Gasteiger partial charge < -0.3 is 10.4 Å². The topological polar surface area (TPSA) is 62.2 Å². The van der Waals surface area contributed by atoms with Crippen LogP contribution < -0.4 is 5.32 Å². The number of aromatic hydroxyl groups is 1. The van der Waals surface area contributed by atoms with E-state index in [1.807, 2.05) is 6.92 Å². The zero-order chi connectivity index (χ0) is 12.3. The number of phenolic OH excluding ortho intramolecular Hbond substituents is 1. The highest BCUT2D eigenvalue weighted by atomic mass is 16.3. The Labute approximate surface area is 98.9 Å². The number of anilines is 1. The van der Waals surface area contributed by atoms with Gasteiger partial charge in [-0.3, -0.25) is 9.78 Å². The number of nitrogens with one attached hydrogen (secondary N) is 1. The van der Waals surface area contributed by atoms with Crippen molar-refractivity contribution >= 4 is 11.6 Å². The molecule has 17 heavy (non-hydrogen) atoms. The maximum absolute atomic E-state index is 11.9. The highest BCUT2D eigenvalue weighted by Gasteiger charge is 2.10. The van der Waals surface area contributed by atoms with Gasteiger partial charge in [0.2, 0.25) is 0 Å². The summed E-state index contributed by atoms with van der Waals surface area (Å²) in [4.78, 5) is 15.7. The molecule has 0 aliphatic heterocycles. The van der Waals surface area contributed by atoms with Crippen LogP contribution in [0.4, 0.5) is 5.69 Å². The average molecular weight is 228 g/mol. The number of aryl methyl sites for hydroxylation is 1. The number of hydrogen-bond acceptors (Lipinski definition) is 3. The molecular formula is C13H12N2O2. The number of benzene rings is 1. The maximum atomic E-state index is 11.9. The summed E-state index contributed by atoms with van der Waals surface area (Å²) in [6, 6.07) is 8.30. The fraction of sp³-hybridized carbons (Fsp3) is 0.0769. The Morgan fingerprint density at radius 1 is 1.24 bits per heavy atom. The fourth-order valence-electron chi connectivity index (χ4n) is 1.47. The van der Waals surface area contributed by atoms with E-state index in [0.29, 0.717) is 5.69 Å². The molecule has 0 bridgehead atoms. The first-order valence-electron chi connectivity index (χ1n) is 5.18. The van der Waals surface area contributed by atoms with Crippen molar-refractivity contribution in [1.82, 2.24) is 4.98 Å². The lowest BCUT2D eigenvalue weighted by atomic mass is 10.1. The minimum Gasteiger partial charge on any atom is -0.507 e. The number of hydrogen-bond donors (Lipinski definition) is 2.